The van der Waals surface area contributed by atoms with Crippen LogP contribution >= 0.6 is 11.3 Å². The van der Waals surface area contributed by atoms with Crippen LogP contribution in [0.3, 0.4) is 0 Å². The van der Waals surface area contributed by atoms with Crippen LogP contribution in [0.15, 0.2) is 47.5 Å². The molecule has 0 N–H and O–H groups in total. The van der Waals surface area contributed by atoms with E-state index in [0.717, 1.165) is 11.3 Å². The van der Waals surface area contributed by atoms with Gasteiger partial charge >= 0.3 is 5.97 Å². The zero-order valence-corrected chi connectivity index (χ0v) is 18.3. The number of thiazole rings is 1. The molecule has 0 saturated heterocycles. The van der Waals surface area contributed by atoms with E-state index < -0.39 is 16.8 Å². The number of fused-ring (bicyclic) bond motifs is 1. The van der Waals surface area contributed by atoms with Crippen LogP contribution in [0.1, 0.15) is 5.56 Å². The lowest BCUT2D eigenvalue weighted by Gasteiger charge is -2.07. The summed E-state index contributed by atoms with van der Waals surface area (Å²) < 4.78 is 17.1. The number of rotatable bonds is 7. The summed E-state index contributed by atoms with van der Waals surface area (Å²) in [5.74, 6) is -0.0396. The fourth-order valence-electron chi connectivity index (χ4n) is 2.86. The SMILES string of the molecule is COC(=O)Cn1c(=NC(=O)/C=C\c2ccc(OC)c(OC)c2)sc2cc([N+](=O)[O-])ccc21. The third kappa shape index (κ3) is 5.01. The number of carbonyl (C=O) groups is 2. The van der Waals surface area contributed by atoms with Gasteiger partial charge in [-0.25, -0.2) is 0 Å². The van der Waals surface area contributed by atoms with Crippen molar-refractivity contribution in [1.82, 2.24) is 4.57 Å². The quantitative estimate of drug-likeness (QED) is 0.231. The summed E-state index contributed by atoms with van der Waals surface area (Å²) in [6.45, 7) is -0.195. The van der Waals surface area contributed by atoms with E-state index in [2.05, 4.69) is 4.99 Å². The Hall–Kier alpha value is -3.99. The second kappa shape index (κ2) is 9.88. The molecule has 0 bridgehead atoms. The van der Waals surface area contributed by atoms with E-state index in [4.69, 9.17) is 14.2 Å². The molecule has 1 aromatic heterocycles. The van der Waals surface area contributed by atoms with Gasteiger partial charge in [0.05, 0.1) is 36.5 Å². The topological polar surface area (TPSA) is 122 Å². The van der Waals surface area contributed by atoms with E-state index >= 15 is 0 Å². The molecule has 32 heavy (non-hydrogen) atoms. The average Bonchev–Trinajstić information content (AvgIpc) is 3.12. The summed E-state index contributed by atoms with van der Waals surface area (Å²) in [4.78, 5) is 39.2. The smallest absolute Gasteiger partial charge is 0.325 e. The van der Waals surface area contributed by atoms with Crippen molar-refractivity contribution < 1.29 is 28.7 Å². The number of methoxy groups -OCH3 is 3. The van der Waals surface area contributed by atoms with Crippen LogP contribution < -0.4 is 14.3 Å². The van der Waals surface area contributed by atoms with Gasteiger partial charge < -0.3 is 18.8 Å². The summed E-state index contributed by atoms with van der Waals surface area (Å²) in [7, 11) is 4.28. The zero-order chi connectivity index (χ0) is 23.3. The molecule has 0 atom stereocenters. The lowest BCUT2D eigenvalue weighted by Crippen LogP contribution is -2.22. The maximum absolute atomic E-state index is 12.5. The summed E-state index contributed by atoms with van der Waals surface area (Å²) >= 11 is 1.06. The molecule has 0 aliphatic carbocycles. The van der Waals surface area contributed by atoms with Crippen molar-refractivity contribution in [1.29, 1.82) is 0 Å². The van der Waals surface area contributed by atoms with Crippen LogP contribution in [0.5, 0.6) is 11.5 Å². The number of ether oxygens (including phenoxy) is 3. The number of nitrogens with zero attached hydrogens (tertiary/aromatic N) is 3. The van der Waals surface area contributed by atoms with Gasteiger partial charge in [-0.1, -0.05) is 17.4 Å². The Morgan fingerprint density at radius 1 is 1.12 bits per heavy atom. The van der Waals surface area contributed by atoms with Gasteiger partial charge in [0.1, 0.15) is 6.54 Å². The number of nitro groups is 1. The molecule has 0 fully saturated rings. The normalized spacial score (nSPS) is 11.7. The van der Waals surface area contributed by atoms with E-state index in [9.17, 15) is 19.7 Å². The number of hydrogen-bond acceptors (Lipinski definition) is 8. The lowest BCUT2D eigenvalue weighted by atomic mass is 10.2. The molecule has 0 saturated carbocycles. The number of aromatic nitrogens is 1. The second-order valence-electron chi connectivity index (χ2n) is 6.35. The number of amides is 1. The molecule has 3 aromatic rings. The minimum Gasteiger partial charge on any atom is -0.493 e. The first-order valence-corrected chi connectivity index (χ1v) is 10.0. The molecule has 1 amide bonds. The van der Waals surface area contributed by atoms with E-state index in [1.807, 2.05) is 0 Å². The van der Waals surface area contributed by atoms with Crippen molar-refractivity contribution in [2.24, 2.45) is 4.99 Å². The largest absolute Gasteiger partial charge is 0.493 e. The zero-order valence-electron chi connectivity index (χ0n) is 17.4. The molecule has 3 rings (SSSR count). The van der Waals surface area contributed by atoms with E-state index in [0.29, 0.717) is 27.3 Å². The Balaban J connectivity index is 1.99. The first-order chi connectivity index (χ1) is 15.4. The predicted molar refractivity (Wildman–Crippen MR) is 118 cm³/mol. The van der Waals surface area contributed by atoms with E-state index in [1.54, 1.807) is 24.3 Å². The maximum atomic E-state index is 12.5. The minimum absolute atomic E-state index is 0.102. The van der Waals surface area contributed by atoms with E-state index in [1.165, 1.54) is 50.2 Å². The molecule has 0 unspecified atom stereocenters. The number of esters is 1. The van der Waals surface area contributed by atoms with Crippen molar-refractivity contribution in [2.45, 2.75) is 6.54 Å². The van der Waals surface area contributed by atoms with Crippen molar-refractivity contribution in [3.05, 3.63) is 63.0 Å². The highest BCUT2D eigenvalue weighted by Crippen LogP contribution is 2.28. The fourth-order valence-corrected chi connectivity index (χ4v) is 3.93. The Labute approximate surface area is 186 Å². The highest BCUT2D eigenvalue weighted by Gasteiger charge is 2.15. The third-order valence-corrected chi connectivity index (χ3v) is 5.46. The van der Waals surface area contributed by atoms with Crippen LogP contribution in [-0.2, 0) is 20.9 Å². The number of nitro benzene ring substituents is 1. The lowest BCUT2D eigenvalue weighted by molar-refractivity contribution is -0.384. The highest BCUT2D eigenvalue weighted by molar-refractivity contribution is 7.16. The molecular weight excluding hydrogens is 438 g/mol. The predicted octanol–water partition coefficient (Wildman–Crippen LogP) is 2.94. The van der Waals surface area contributed by atoms with Crippen LogP contribution in [-0.4, -0.2) is 42.7 Å². The Morgan fingerprint density at radius 3 is 2.53 bits per heavy atom. The first kappa shape index (κ1) is 22.7. The molecular formula is C21H19N3O7S. The van der Waals surface area contributed by atoms with Crippen LogP contribution in [0.4, 0.5) is 5.69 Å². The summed E-state index contributed by atoms with van der Waals surface area (Å²) in [6.07, 6.45) is 2.84. The Morgan fingerprint density at radius 2 is 1.88 bits per heavy atom. The van der Waals surface area contributed by atoms with Crippen molar-refractivity contribution >= 4 is 45.2 Å². The number of non-ortho nitro benzene ring substituents is 1. The van der Waals surface area contributed by atoms with Gasteiger partial charge in [0.2, 0.25) is 0 Å². The maximum Gasteiger partial charge on any atom is 0.325 e. The van der Waals surface area contributed by atoms with Gasteiger partial charge in [0, 0.05) is 18.2 Å². The van der Waals surface area contributed by atoms with Crippen LogP contribution in [0, 0.1) is 10.1 Å². The molecule has 10 nitrogen and oxygen atoms in total. The van der Waals surface area contributed by atoms with Gasteiger partial charge in [0.25, 0.3) is 11.6 Å². The molecule has 0 radical (unpaired) electrons. The monoisotopic (exact) mass is 457 g/mol. The van der Waals surface area contributed by atoms with Crippen LogP contribution in [0.2, 0.25) is 0 Å². The molecule has 2 aromatic carbocycles. The summed E-state index contributed by atoms with van der Waals surface area (Å²) in [5.41, 5.74) is 1.12. The number of carbonyl (C=O) groups excluding carboxylic acids is 2. The average molecular weight is 457 g/mol. The second-order valence-corrected chi connectivity index (χ2v) is 7.36. The van der Waals surface area contributed by atoms with Gasteiger partial charge in [0.15, 0.2) is 16.3 Å². The molecule has 1 heterocycles. The standard InChI is InChI=1S/C21H19N3O7S/c1-29-16-8-4-13(10-17(16)30-2)5-9-19(25)22-21-23(12-20(26)31-3)15-7-6-14(24(27)28)11-18(15)32-21/h4-11H,12H2,1-3H3/b9-5-,22-21?. The van der Waals surface area contributed by atoms with Gasteiger partial charge in [-0.15, -0.1) is 0 Å². The summed E-state index contributed by atoms with van der Waals surface area (Å²) in [6, 6.07) is 9.38. The van der Waals surface area contributed by atoms with Gasteiger partial charge in [-0.2, -0.15) is 4.99 Å². The molecule has 0 aliphatic rings. The van der Waals surface area contributed by atoms with Gasteiger partial charge in [-0.3, -0.25) is 19.7 Å². The van der Waals surface area contributed by atoms with E-state index in [-0.39, 0.29) is 17.0 Å². The minimum atomic E-state index is -0.570. The highest BCUT2D eigenvalue weighted by atomic mass is 32.1. The van der Waals surface area contributed by atoms with Crippen molar-refractivity contribution in [3.63, 3.8) is 0 Å². The van der Waals surface area contributed by atoms with Crippen LogP contribution in [0.25, 0.3) is 16.3 Å². The van der Waals surface area contributed by atoms with Crippen molar-refractivity contribution in [2.75, 3.05) is 21.3 Å². The molecule has 0 spiro atoms. The molecule has 166 valence electrons. The Kier molecular flexibility index (Phi) is 7.00. The summed E-state index contributed by atoms with van der Waals surface area (Å²) in [5, 5.41) is 11.1. The van der Waals surface area contributed by atoms with Crippen molar-refractivity contribution in [3.8, 4) is 11.5 Å². The fraction of sp³-hybridized carbons (Fsp3) is 0.190. The first-order valence-electron chi connectivity index (χ1n) is 9.19. The molecule has 11 heteroatoms. The number of hydrogen-bond donors (Lipinski definition) is 0. The number of benzene rings is 2. The van der Waals surface area contributed by atoms with Gasteiger partial charge in [-0.05, 0) is 29.8 Å². The molecule has 0 aliphatic heterocycles. The Bertz CT molecular complexity index is 1290. The third-order valence-electron chi connectivity index (χ3n) is 4.42.